The maximum atomic E-state index is 14.2. The Labute approximate surface area is 144 Å². The Balaban J connectivity index is 2.49. The fraction of sp³-hybridized carbons (Fsp3) is 0.200. The van der Waals surface area contributed by atoms with E-state index >= 15 is 0 Å². The Bertz CT molecular complexity index is 644. The molecule has 0 saturated carbocycles. The van der Waals surface area contributed by atoms with Crippen molar-refractivity contribution < 1.29 is 13.9 Å². The van der Waals surface area contributed by atoms with Gasteiger partial charge in [0.1, 0.15) is 5.82 Å². The molecule has 2 nitrogen and oxygen atoms in total. The van der Waals surface area contributed by atoms with E-state index in [0.29, 0.717) is 17.1 Å². The molecule has 0 saturated heterocycles. The van der Waals surface area contributed by atoms with E-state index in [-0.39, 0.29) is 0 Å². The molecule has 0 spiro atoms. The predicted molar refractivity (Wildman–Crippen MR) is 89.0 cm³/mol. The van der Waals surface area contributed by atoms with Crippen LogP contribution in [0.2, 0.25) is 0 Å². The molecule has 0 aliphatic heterocycles. The van der Waals surface area contributed by atoms with Gasteiger partial charge in [-0.15, -0.1) is 11.6 Å². The van der Waals surface area contributed by atoms with Gasteiger partial charge in [0.2, 0.25) is 0 Å². The molecule has 0 aliphatic carbocycles. The van der Waals surface area contributed by atoms with Crippen LogP contribution in [0, 0.1) is 5.82 Å². The predicted octanol–water partition coefficient (Wildman–Crippen LogP) is 5.70. The van der Waals surface area contributed by atoms with Crippen LogP contribution in [0.15, 0.2) is 39.3 Å². The molecular formula is C15H12Br2ClFO2. The Kier molecular flexibility index (Phi) is 5.52. The molecule has 0 N–H and O–H groups in total. The third-order valence-corrected chi connectivity index (χ3v) is 4.36. The highest BCUT2D eigenvalue weighted by molar-refractivity contribution is 9.11. The Hall–Kier alpha value is -0.780. The number of alkyl halides is 1. The number of benzene rings is 2. The molecule has 0 aromatic heterocycles. The molecule has 2 rings (SSSR count). The van der Waals surface area contributed by atoms with E-state index in [9.17, 15) is 4.39 Å². The second-order valence-electron chi connectivity index (χ2n) is 4.29. The summed E-state index contributed by atoms with van der Waals surface area (Å²) >= 11 is 13.2. The zero-order valence-electron chi connectivity index (χ0n) is 11.3. The van der Waals surface area contributed by atoms with Gasteiger partial charge < -0.3 is 9.47 Å². The lowest BCUT2D eigenvalue weighted by molar-refractivity contribution is 0.351. The van der Waals surface area contributed by atoms with Crippen molar-refractivity contribution in [1.29, 1.82) is 0 Å². The van der Waals surface area contributed by atoms with Crippen molar-refractivity contribution in [1.82, 2.24) is 0 Å². The van der Waals surface area contributed by atoms with Gasteiger partial charge in [-0.3, -0.25) is 0 Å². The first-order valence-corrected chi connectivity index (χ1v) is 8.00. The van der Waals surface area contributed by atoms with Crippen molar-refractivity contribution in [2.24, 2.45) is 0 Å². The van der Waals surface area contributed by atoms with Gasteiger partial charge >= 0.3 is 0 Å². The highest BCUT2D eigenvalue weighted by Crippen LogP contribution is 2.38. The fourth-order valence-electron chi connectivity index (χ4n) is 1.97. The van der Waals surface area contributed by atoms with Crippen LogP contribution in [-0.4, -0.2) is 14.2 Å². The average Bonchev–Trinajstić information content (AvgIpc) is 2.45. The van der Waals surface area contributed by atoms with Crippen molar-refractivity contribution >= 4 is 43.5 Å². The van der Waals surface area contributed by atoms with Gasteiger partial charge in [-0.25, -0.2) is 4.39 Å². The lowest BCUT2D eigenvalue weighted by atomic mass is 10.0. The number of rotatable bonds is 4. The standard InChI is InChI=1S/C15H12Br2ClFO2/c1-20-13-6-11(12(19)7-14(13)21-2)15(18)8-3-9(16)5-10(17)4-8/h3-7,15H,1-2H3. The van der Waals surface area contributed by atoms with Crippen LogP contribution in [0.3, 0.4) is 0 Å². The Morgan fingerprint density at radius 3 is 2.00 bits per heavy atom. The van der Waals surface area contributed by atoms with Crippen LogP contribution in [0.5, 0.6) is 11.5 Å². The van der Waals surface area contributed by atoms with Gasteiger partial charge in [0.25, 0.3) is 0 Å². The van der Waals surface area contributed by atoms with Gasteiger partial charge in [-0.05, 0) is 29.8 Å². The minimum absolute atomic E-state index is 0.332. The summed E-state index contributed by atoms with van der Waals surface area (Å²) in [6.07, 6.45) is 0. The Morgan fingerprint density at radius 2 is 1.48 bits per heavy atom. The van der Waals surface area contributed by atoms with E-state index in [1.54, 1.807) is 6.07 Å². The second-order valence-corrected chi connectivity index (χ2v) is 6.56. The smallest absolute Gasteiger partial charge is 0.163 e. The van der Waals surface area contributed by atoms with Gasteiger partial charge in [0, 0.05) is 20.6 Å². The van der Waals surface area contributed by atoms with Crippen LogP contribution < -0.4 is 9.47 Å². The highest BCUT2D eigenvalue weighted by Gasteiger charge is 2.20. The minimum atomic E-state index is -0.640. The van der Waals surface area contributed by atoms with E-state index in [1.807, 2.05) is 18.2 Å². The molecule has 0 heterocycles. The van der Waals surface area contributed by atoms with Crippen molar-refractivity contribution in [3.05, 3.63) is 56.2 Å². The normalized spacial score (nSPS) is 12.1. The molecule has 0 aliphatic rings. The molecular weight excluding hydrogens is 426 g/mol. The summed E-state index contributed by atoms with van der Waals surface area (Å²) in [6.45, 7) is 0. The molecule has 0 radical (unpaired) electrons. The second kappa shape index (κ2) is 6.99. The molecule has 0 amide bonds. The maximum Gasteiger partial charge on any atom is 0.163 e. The van der Waals surface area contributed by atoms with E-state index in [2.05, 4.69) is 31.9 Å². The Morgan fingerprint density at radius 1 is 0.952 bits per heavy atom. The topological polar surface area (TPSA) is 18.5 Å². The number of hydrogen-bond donors (Lipinski definition) is 0. The lowest BCUT2D eigenvalue weighted by Gasteiger charge is -2.15. The first-order valence-electron chi connectivity index (χ1n) is 5.97. The number of halogens is 4. The van der Waals surface area contributed by atoms with Crippen molar-refractivity contribution in [2.45, 2.75) is 5.38 Å². The zero-order valence-corrected chi connectivity index (χ0v) is 15.2. The molecule has 1 unspecified atom stereocenters. The molecule has 2 aromatic carbocycles. The van der Waals surface area contributed by atoms with E-state index in [0.717, 1.165) is 14.5 Å². The van der Waals surface area contributed by atoms with Crippen molar-refractivity contribution in [2.75, 3.05) is 14.2 Å². The van der Waals surface area contributed by atoms with Crippen molar-refractivity contribution in [3.63, 3.8) is 0 Å². The SMILES string of the molecule is COc1cc(F)c(C(Cl)c2cc(Br)cc(Br)c2)cc1OC. The maximum absolute atomic E-state index is 14.2. The quantitative estimate of drug-likeness (QED) is 0.571. The van der Waals surface area contributed by atoms with E-state index in [1.165, 1.54) is 20.3 Å². The first kappa shape index (κ1) is 16.6. The molecule has 1 atom stereocenters. The molecule has 6 heteroatoms. The fourth-order valence-corrected chi connectivity index (χ4v) is 3.59. The van der Waals surface area contributed by atoms with E-state index in [4.69, 9.17) is 21.1 Å². The van der Waals surface area contributed by atoms with Gasteiger partial charge in [-0.2, -0.15) is 0 Å². The van der Waals surface area contributed by atoms with Crippen LogP contribution in [0.4, 0.5) is 4.39 Å². The van der Waals surface area contributed by atoms with Gasteiger partial charge in [0.15, 0.2) is 11.5 Å². The summed E-state index contributed by atoms with van der Waals surface area (Å²) in [5.74, 6) is 0.329. The summed E-state index contributed by atoms with van der Waals surface area (Å²) in [5.41, 5.74) is 1.10. The lowest BCUT2D eigenvalue weighted by Crippen LogP contribution is -2.00. The molecule has 0 bridgehead atoms. The number of methoxy groups -OCH3 is 2. The van der Waals surface area contributed by atoms with Crippen molar-refractivity contribution in [3.8, 4) is 11.5 Å². The molecule has 2 aromatic rings. The number of ether oxygens (including phenoxy) is 2. The highest BCUT2D eigenvalue weighted by atomic mass is 79.9. The summed E-state index contributed by atoms with van der Waals surface area (Å²) < 4.78 is 26.2. The van der Waals surface area contributed by atoms with Gasteiger partial charge in [0.05, 0.1) is 19.6 Å². The first-order chi connectivity index (χ1) is 9.96. The molecule has 21 heavy (non-hydrogen) atoms. The van der Waals surface area contributed by atoms with Crippen LogP contribution in [0.25, 0.3) is 0 Å². The van der Waals surface area contributed by atoms with E-state index < -0.39 is 11.2 Å². The summed E-state index contributed by atoms with van der Waals surface area (Å²) in [4.78, 5) is 0. The van der Waals surface area contributed by atoms with Crippen LogP contribution >= 0.6 is 43.5 Å². The average molecular weight is 439 g/mol. The summed E-state index contributed by atoms with van der Waals surface area (Å²) in [5, 5.41) is -0.640. The number of hydrogen-bond acceptors (Lipinski definition) is 2. The summed E-state index contributed by atoms with van der Waals surface area (Å²) in [7, 11) is 2.96. The molecule has 112 valence electrons. The largest absolute Gasteiger partial charge is 0.493 e. The zero-order chi connectivity index (χ0) is 15.6. The van der Waals surface area contributed by atoms with Crippen LogP contribution in [0.1, 0.15) is 16.5 Å². The third-order valence-electron chi connectivity index (χ3n) is 2.95. The third kappa shape index (κ3) is 3.71. The molecule has 0 fully saturated rings. The summed E-state index contributed by atoms with van der Waals surface area (Å²) in [6, 6.07) is 8.41. The minimum Gasteiger partial charge on any atom is -0.493 e. The monoisotopic (exact) mass is 436 g/mol. The van der Waals surface area contributed by atoms with Gasteiger partial charge in [-0.1, -0.05) is 31.9 Å². The van der Waals surface area contributed by atoms with Crippen LogP contribution in [-0.2, 0) is 0 Å².